The van der Waals surface area contributed by atoms with E-state index in [0.29, 0.717) is 36.5 Å². The average Bonchev–Trinajstić information content (AvgIpc) is 2.70. The smallest absolute Gasteiger partial charge is 0.320 e. The Hall–Kier alpha value is -3.55. The Morgan fingerprint density at radius 3 is 2.80 bits per heavy atom. The first-order chi connectivity index (χ1) is 14.4. The van der Waals surface area contributed by atoms with Crippen molar-refractivity contribution in [3.05, 3.63) is 92.7 Å². The average molecular weight is 410 g/mol. The van der Waals surface area contributed by atoms with E-state index in [2.05, 4.69) is 15.3 Å². The van der Waals surface area contributed by atoms with Gasteiger partial charge < -0.3 is 15.2 Å². The van der Waals surface area contributed by atoms with Gasteiger partial charge in [-0.3, -0.25) is 4.79 Å². The minimum Gasteiger partial charge on any atom is -0.320 e. The number of nitrogens with one attached hydrogen (secondary N) is 2. The highest BCUT2D eigenvalue weighted by Crippen LogP contribution is 2.18. The number of urea groups is 1. The number of H-pyrrole nitrogens is 1. The molecule has 0 radical (unpaired) electrons. The van der Waals surface area contributed by atoms with Crippen LogP contribution < -0.4 is 10.9 Å². The van der Waals surface area contributed by atoms with Crippen LogP contribution in [0.15, 0.2) is 47.3 Å². The molecule has 0 atom stereocenters. The first-order valence-electron chi connectivity index (χ1n) is 9.56. The molecule has 4 rings (SSSR count). The van der Waals surface area contributed by atoms with Crippen LogP contribution in [0.3, 0.4) is 0 Å². The molecule has 2 N–H and O–H groups in total. The molecule has 2 amide bonds. The molecular formula is C22H20F2N4O2. The summed E-state index contributed by atoms with van der Waals surface area (Å²) in [7, 11) is 0. The summed E-state index contributed by atoms with van der Waals surface area (Å²) < 4.78 is 26.4. The number of aryl methyl sites for hydroxylation is 1. The molecule has 0 saturated carbocycles. The Balaban J connectivity index is 1.49. The van der Waals surface area contributed by atoms with Crippen LogP contribution in [0.1, 0.15) is 28.2 Å². The Bertz CT molecular complexity index is 1180. The lowest BCUT2D eigenvalue weighted by molar-refractivity contribution is 0.205. The van der Waals surface area contributed by atoms with E-state index in [1.807, 2.05) is 31.2 Å². The van der Waals surface area contributed by atoms with Crippen LogP contribution in [0, 0.1) is 18.6 Å². The largest absolute Gasteiger partial charge is 0.322 e. The SMILES string of the molecule is Cc1cccc(Cc2nc3c(c(=O)[nH]2)CN(C(=O)Nc2ccc(F)c(F)c2)CC3)c1. The fraction of sp³-hybridized carbons (Fsp3) is 0.227. The summed E-state index contributed by atoms with van der Waals surface area (Å²) in [4.78, 5) is 33.9. The molecule has 0 unspecified atom stereocenters. The Morgan fingerprint density at radius 2 is 2.03 bits per heavy atom. The number of aromatic nitrogens is 2. The molecule has 1 aromatic heterocycles. The molecule has 2 heterocycles. The maximum Gasteiger partial charge on any atom is 0.322 e. The van der Waals surface area contributed by atoms with Crippen molar-refractivity contribution in [1.82, 2.24) is 14.9 Å². The van der Waals surface area contributed by atoms with Gasteiger partial charge in [0.1, 0.15) is 5.82 Å². The topological polar surface area (TPSA) is 78.1 Å². The normalized spacial score (nSPS) is 13.1. The lowest BCUT2D eigenvalue weighted by atomic mass is 10.1. The third-order valence-corrected chi connectivity index (χ3v) is 5.03. The van der Waals surface area contributed by atoms with E-state index in [9.17, 15) is 18.4 Å². The van der Waals surface area contributed by atoms with Crippen LogP contribution in [-0.4, -0.2) is 27.4 Å². The van der Waals surface area contributed by atoms with Gasteiger partial charge in [-0.05, 0) is 24.6 Å². The second kappa shape index (κ2) is 8.06. The standard InChI is InChI=1S/C22H20F2N4O2/c1-13-3-2-4-14(9-13)10-20-26-19-7-8-28(12-16(19)21(29)27-20)22(30)25-15-5-6-17(23)18(24)11-15/h2-6,9,11H,7-8,10,12H2,1H3,(H,25,30)(H,26,27,29). The predicted octanol–water partition coefficient (Wildman–Crippen LogP) is 3.54. The summed E-state index contributed by atoms with van der Waals surface area (Å²) in [5.74, 6) is -1.44. The number of nitrogens with zero attached hydrogens (tertiary/aromatic N) is 2. The number of anilines is 1. The molecule has 1 aliphatic heterocycles. The molecule has 0 spiro atoms. The molecule has 3 aromatic rings. The van der Waals surface area contributed by atoms with Crippen molar-refractivity contribution in [3.8, 4) is 0 Å². The number of aromatic amines is 1. The molecule has 0 saturated heterocycles. The van der Waals surface area contributed by atoms with E-state index < -0.39 is 17.7 Å². The zero-order chi connectivity index (χ0) is 21.3. The number of carbonyl (C=O) groups is 1. The quantitative estimate of drug-likeness (QED) is 0.693. The first kappa shape index (κ1) is 19.8. The molecule has 30 heavy (non-hydrogen) atoms. The minimum absolute atomic E-state index is 0.0951. The highest BCUT2D eigenvalue weighted by atomic mass is 19.2. The zero-order valence-electron chi connectivity index (χ0n) is 16.3. The lowest BCUT2D eigenvalue weighted by Gasteiger charge is -2.28. The van der Waals surface area contributed by atoms with E-state index in [1.165, 1.54) is 11.0 Å². The predicted molar refractivity (Wildman–Crippen MR) is 108 cm³/mol. The highest BCUT2D eigenvalue weighted by molar-refractivity contribution is 5.89. The van der Waals surface area contributed by atoms with E-state index >= 15 is 0 Å². The molecule has 1 aliphatic rings. The second-order valence-electron chi connectivity index (χ2n) is 7.33. The van der Waals surface area contributed by atoms with Gasteiger partial charge in [-0.15, -0.1) is 0 Å². The summed E-state index contributed by atoms with van der Waals surface area (Å²) in [5.41, 5.74) is 3.18. The number of hydrogen-bond acceptors (Lipinski definition) is 3. The number of amides is 2. The molecule has 0 bridgehead atoms. The van der Waals surface area contributed by atoms with Crippen LogP contribution in [0.5, 0.6) is 0 Å². The number of benzene rings is 2. The van der Waals surface area contributed by atoms with Crippen LogP contribution >= 0.6 is 0 Å². The number of rotatable bonds is 3. The fourth-order valence-corrected chi connectivity index (χ4v) is 3.53. The summed E-state index contributed by atoms with van der Waals surface area (Å²) in [5, 5.41) is 2.53. The third-order valence-electron chi connectivity index (χ3n) is 5.03. The number of carbonyl (C=O) groups excluding carboxylic acids is 1. The number of halogens is 2. The molecule has 154 valence electrons. The molecule has 8 heteroatoms. The van der Waals surface area contributed by atoms with E-state index in [4.69, 9.17) is 0 Å². The van der Waals surface area contributed by atoms with Gasteiger partial charge in [0, 0.05) is 31.1 Å². The minimum atomic E-state index is -1.04. The van der Waals surface area contributed by atoms with Crippen molar-refractivity contribution in [2.24, 2.45) is 0 Å². The van der Waals surface area contributed by atoms with E-state index in [0.717, 1.165) is 23.3 Å². The number of fused-ring (bicyclic) bond motifs is 1. The fourth-order valence-electron chi connectivity index (χ4n) is 3.53. The number of hydrogen-bond donors (Lipinski definition) is 2. The van der Waals surface area contributed by atoms with Gasteiger partial charge in [-0.2, -0.15) is 0 Å². The maximum atomic E-state index is 13.3. The van der Waals surface area contributed by atoms with Gasteiger partial charge in [0.2, 0.25) is 0 Å². The van der Waals surface area contributed by atoms with Crippen LogP contribution in [0.2, 0.25) is 0 Å². The lowest BCUT2D eigenvalue weighted by Crippen LogP contribution is -2.42. The van der Waals surface area contributed by atoms with Gasteiger partial charge in [0.25, 0.3) is 5.56 Å². The first-order valence-corrected chi connectivity index (χ1v) is 9.56. The van der Waals surface area contributed by atoms with E-state index in [-0.39, 0.29) is 17.8 Å². The van der Waals surface area contributed by atoms with Crippen LogP contribution in [0.4, 0.5) is 19.3 Å². The van der Waals surface area contributed by atoms with Crippen molar-refractivity contribution in [2.75, 3.05) is 11.9 Å². The van der Waals surface area contributed by atoms with Crippen LogP contribution in [0.25, 0.3) is 0 Å². The van der Waals surface area contributed by atoms with Crippen LogP contribution in [-0.2, 0) is 19.4 Å². The zero-order valence-corrected chi connectivity index (χ0v) is 16.3. The summed E-state index contributed by atoms with van der Waals surface area (Å²) in [6.07, 6.45) is 0.954. The molecular weight excluding hydrogens is 390 g/mol. The molecule has 6 nitrogen and oxygen atoms in total. The van der Waals surface area contributed by atoms with Gasteiger partial charge in [0.05, 0.1) is 17.8 Å². The Labute approximate surface area is 171 Å². The summed E-state index contributed by atoms with van der Waals surface area (Å²) >= 11 is 0. The summed E-state index contributed by atoms with van der Waals surface area (Å²) in [6, 6.07) is 10.6. The maximum absolute atomic E-state index is 13.3. The molecule has 0 aliphatic carbocycles. The van der Waals surface area contributed by atoms with E-state index in [1.54, 1.807) is 0 Å². The van der Waals surface area contributed by atoms with Gasteiger partial charge in [-0.1, -0.05) is 29.8 Å². The molecule has 2 aromatic carbocycles. The Morgan fingerprint density at radius 1 is 1.20 bits per heavy atom. The van der Waals surface area contributed by atoms with Gasteiger partial charge in [0.15, 0.2) is 11.6 Å². The van der Waals surface area contributed by atoms with Crippen molar-refractivity contribution in [3.63, 3.8) is 0 Å². The monoisotopic (exact) mass is 410 g/mol. The van der Waals surface area contributed by atoms with Crippen molar-refractivity contribution in [1.29, 1.82) is 0 Å². The second-order valence-corrected chi connectivity index (χ2v) is 7.33. The Kier molecular flexibility index (Phi) is 5.31. The van der Waals surface area contributed by atoms with Crippen molar-refractivity contribution < 1.29 is 13.6 Å². The van der Waals surface area contributed by atoms with Gasteiger partial charge >= 0.3 is 6.03 Å². The summed E-state index contributed by atoms with van der Waals surface area (Å²) in [6.45, 7) is 2.47. The van der Waals surface area contributed by atoms with Crippen molar-refractivity contribution >= 4 is 11.7 Å². The van der Waals surface area contributed by atoms with Crippen molar-refractivity contribution in [2.45, 2.75) is 26.3 Å². The van der Waals surface area contributed by atoms with Gasteiger partial charge in [-0.25, -0.2) is 18.6 Å². The molecule has 0 fully saturated rings. The highest BCUT2D eigenvalue weighted by Gasteiger charge is 2.25. The third kappa shape index (κ3) is 4.22.